The van der Waals surface area contributed by atoms with Crippen molar-refractivity contribution in [1.29, 1.82) is 0 Å². The Morgan fingerprint density at radius 2 is 1.83 bits per heavy atom. The molecule has 3 atom stereocenters. The Balaban J connectivity index is 1.15. The first kappa shape index (κ1) is 23.9. The number of carbonyl (C=O) groups is 1. The van der Waals surface area contributed by atoms with Gasteiger partial charge in [0.1, 0.15) is 16.8 Å². The summed E-state index contributed by atoms with van der Waals surface area (Å²) in [7, 11) is -1.10. The Morgan fingerprint density at radius 1 is 1.06 bits per heavy atom. The summed E-state index contributed by atoms with van der Waals surface area (Å²) in [4.78, 5) is 29.7. The lowest BCUT2D eigenvalue weighted by atomic mass is 10.2. The van der Waals surface area contributed by atoms with Crippen LogP contribution in [0.15, 0.2) is 29.2 Å². The summed E-state index contributed by atoms with van der Waals surface area (Å²) < 4.78 is 18.4. The van der Waals surface area contributed by atoms with Gasteiger partial charge in [-0.25, -0.2) is 4.98 Å². The maximum atomic E-state index is 12.8. The zero-order valence-corrected chi connectivity index (χ0v) is 21.8. The van der Waals surface area contributed by atoms with E-state index in [2.05, 4.69) is 27.2 Å². The van der Waals surface area contributed by atoms with E-state index in [4.69, 9.17) is 26.3 Å². The van der Waals surface area contributed by atoms with Crippen LogP contribution in [0.4, 0.5) is 17.5 Å². The van der Waals surface area contributed by atoms with Crippen LogP contribution in [-0.4, -0.2) is 88.8 Å². The molecule has 3 fully saturated rings. The average Bonchev–Trinajstić information content (AvgIpc) is 3.66. The van der Waals surface area contributed by atoms with Crippen molar-refractivity contribution in [2.75, 3.05) is 66.7 Å². The summed E-state index contributed by atoms with van der Waals surface area (Å²) in [6.07, 6.45) is 2.99. The number of hydrogen-bond donors (Lipinski definition) is 1. The molecular weight excluding hydrogens is 500 g/mol. The molecule has 0 saturated carbocycles. The third kappa shape index (κ3) is 4.78. The first-order valence-corrected chi connectivity index (χ1v) is 14.5. The molecule has 4 aliphatic heterocycles. The van der Waals surface area contributed by atoms with Crippen molar-refractivity contribution in [1.82, 2.24) is 14.9 Å². The van der Waals surface area contributed by atoms with Crippen molar-refractivity contribution in [3.8, 4) is 0 Å². The van der Waals surface area contributed by atoms with E-state index in [1.54, 1.807) is 0 Å². The van der Waals surface area contributed by atoms with Gasteiger partial charge in [0.2, 0.25) is 5.95 Å². The van der Waals surface area contributed by atoms with Gasteiger partial charge in [0, 0.05) is 74.8 Å². The average molecular weight is 531 g/mol. The largest absolute Gasteiger partial charge is 0.368 e. The van der Waals surface area contributed by atoms with Gasteiger partial charge in [0.05, 0.1) is 16.5 Å². The summed E-state index contributed by atoms with van der Waals surface area (Å²) in [6, 6.07) is 8.01. The van der Waals surface area contributed by atoms with Crippen molar-refractivity contribution >= 4 is 45.8 Å². The highest BCUT2D eigenvalue weighted by atomic mass is 35.5. The van der Waals surface area contributed by atoms with Crippen LogP contribution in [0, 0.1) is 0 Å². The molecule has 5 heterocycles. The lowest BCUT2D eigenvalue weighted by Crippen LogP contribution is -2.47. The number of rotatable bonds is 5. The van der Waals surface area contributed by atoms with Crippen molar-refractivity contribution in [2.24, 2.45) is 0 Å². The number of amides is 1. The van der Waals surface area contributed by atoms with E-state index >= 15 is 0 Å². The van der Waals surface area contributed by atoms with Crippen molar-refractivity contribution < 1.29 is 13.7 Å². The minimum atomic E-state index is -1.10. The number of carbonyl (C=O) groups excluding carboxylic acids is 1. The summed E-state index contributed by atoms with van der Waals surface area (Å²) in [5.41, 5.74) is 2.04. The molecule has 0 spiro atoms. The number of aromatic nitrogens is 2. The summed E-state index contributed by atoms with van der Waals surface area (Å²) in [6.45, 7) is 5.31. The molecule has 192 valence electrons. The fraction of sp³-hybridized carbons (Fsp3) is 0.560. The second kappa shape index (κ2) is 10.1. The first-order valence-electron chi connectivity index (χ1n) is 12.8. The van der Waals surface area contributed by atoms with Gasteiger partial charge in [0.25, 0.3) is 5.91 Å². The molecule has 1 amide bonds. The van der Waals surface area contributed by atoms with Gasteiger partial charge in [-0.1, -0.05) is 11.6 Å². The zero-order valence-electron chi connectivity index (χ0n) is 20.2. The Kier molecular flexibility index (Phi) is 6.74. The number of halogens is 1. The Hall–Kier alpha value is -2.43. The van der Waals surface area contributed by atoms with E-state index in [-0.39, 0.29) is 18.1 Å². The van der Waals surface area contributed by atoms with E-state index in [9.17, 15) is 9.00 Å². The molecule has 0 bridgehead atoms. The van der Waals surface area contributed by atoms with Crippen LogP contribution in [0.5, 0.6) is 0 Å². The second-order valence-electron chi connectivity index (χ2n) is 9.81. The summed E-state index contributed by atoms with van der Waals surface area (Å²) in [5, 5.41) is 4.28. The SMILES string of the molecule is O=C([C@@H]1CCCO1)N1CC[C@@H](Nc2nc(N3CCN(c4ccc(Cl)cc4)CC3)nc3c2S(=O)CC3)C1. The molecule has 1 aromatic heterocycles. The molecule has 36 heavy (non-hydrogen) atoms. The predicted molar refractivity (Wildman–Crippen MR) is 140 cm³/mol. The number of nitrogens with one attached hydrogen (secondary N) is 1. The minimum absolute atomic E-state index is 0.0709. The topological polar surface area (TPSA) is 90.9 Å². The second-order valence-corrected chi connectivity index (χ2v) is 11.8. The molecule has 11 heteroatoms. The molecule has 0 aliphatic carbocycles. The quantitative estimate of drug-likeness (QED) is 0.630. The zero-order chi connectivity index (χ0) is 24.6. The highest BCUT2D eigenvalue weighted by Crippen LogP contribution is 2.32. The van der Waals surface area contributed by atoms with Crippen molar-refractivity contribution in [3.05, 3.63) is 35.0 Å². The summed E-state index contributed by atoms with van der Waals surface area (Å²) in [5.74, 6) is 2.03. The van der Waals surface area contributed by atoms with Crippen LogP contribution in [0.1, 0.15) is 25.0 Å². The number of piperazine rings is 1. The molecule has 9 nitrogen and oxygen atoms in total. The lowest BCUT2D eigenvalue weighted by Gasteiger charge is -2.36. The van der Waals surface area contributed by atoms with Gasteiger partial charge in [0.15, 0.2) is 0 Å². The van der Waals surface area contributed by atoms with Gasteiger partial charge < -0.3 is 24.8 Å². The molecule has 1 unspecified atom stereocenters. The third-order valence-corrected chi connectivity index (χ3v) is 9.19. The van der Waals surface area contributed by atoms with Gasteiger partial charge in [-0.15, -0.1) is 0 Å². The van der Waals surface area contributed by atoms with Crippen LogP contribution in [0.3, 0.4) is 0 Å². The van der Waals surface area contributed by atoms with Crippen LogP contribution in [0.2, 0.25) is 5.02 Å². The Bertz CT molecular complexity index is 1150. The molecule has 1 aromatic carbocycles. The molecule has 0 radical (unpaired) electrons. The number of nitrogens with zero attached hydrogens (tertiary/aromatic N) is 5. The number of aryl methyl sites for hydroxylation is 1. The fourth-order valence-corrected chi connectivity index (χ4v) is 6.93. The number of fused-ring (bicyclic) bond motifs is 1. The van der Waals surface area contributed by atoms with Gasteiger partial charge in [-0.3, -0.25) is 9.00 Å². The maximum Gasteiger partial charge on any atom is 0.251 e. The van der Waals surface area contributed by atoms with Crippen molar-refractivity contribution in [3.63, 3.8) is 0 Å². The third-order valence-electron chi connectivity index (χ3n) is 7.48. The molecule has 1 N–H and O–H groups in total. The number of anilines is 3. The van der Waals surface area contributed by atoms with Crippen LogP contribution < -0.4 is 15.1 Å². The number of hydrogen-bond acceptors (Lipinski definition) is 8. The molecule has 2 aromatic rings. The normalized spacial score (nSPS) is 25.9. The number of ether oxygens (including phenoxy) is 1. The predicted octanol–water partition coefficient (Wildman–Crippen LogP) is 2.31. The van der Waals surface area contributed by atoms with Gasteiger partial charge in [-0.05, 0) is 43.5 Å². The highest BCUT2D eigenvalue weighted by Gasteiger charge is 2.35. The van der Waals surface area contributed by atoms with E-state index < -0.39 is 10.8 Å². The maximum absolute atomic E-state index is 12.8. The Labute approximate surface area is 218 Å². The van der Waals surface area contributed by atoms with Crippen LogP contribution in [-0.2, 0) is 26.8 Å². The van der Waals surface area contributed by atoms with Crippen molar-refractivity contribution in [2.45, 2.75) is 42.7 Å². The minimum Gasteiger partial charge on any atom is -0.368 e. The lowest BCUT2D eigenvalue weighted by molar-refractivity contribution is -0.139. The monoisotopic (exact) mass is 530 g/mol. The Morgan fingerprint density at radius 3 is 2.58 bits per heavy atom. The van der Waals surface area contributed by atoms with Crippen LogP contribution >= 0.6 is 11.6 Å². The molecule has 4 aliphatic rings. The van der Waals surface area contributed by atoms with E-state index in [0.29, 0.717) is 43.6 Å². The first-order chi connectivity index (χ1) is 17.5. The van der Waals surface area contributed by atoms with Crippen LogP contribution in [0.25, 0.3) is 0 Å². The number of likely N-dealkylation sites (tertiary alicyclic amines) is 1. The standard InChI is InChI=1S/C25H31ClN6O3S/c26-17-3-5-19(6-4-17)30-10-12-31(13-11-30)25-28-20-8-15-36(34)22(20)23(29-25)27-18-7-9-32(16-18)24(33)21-2-1-14-35-21/h3-6,18,21H,1-2,7-16H2,(H,27,28,29)/t18-,21+,36?/m1/s1. The highest BCUT2D eigenvalue weighted by molar-refractivity contribution is 7.85. The van der Waals surface area contributed by atoms with E-state index in [0.717, 1.165) is 66.7 Å². The molecular formula is C25H31ClN6O3S. The van der Waals surface area contributed by atoms with Gasteiger partial charge >= 0.3 is 0 Å². The fourth-order valence-electron chi connectivity index (χ4n) is 5.49. The van der Waals surface area contributed by atoms with E-state index in [1.165, 1.54) is 0 Å². The summed E-state index contributed by atoms with van der Waals surface area (Å²) >= 11 is 6.04. The van der Waals surface area contributed by atoms with E-state index in [1.807, 2.05) is 17.0 Å². The smallest absolute Gasteiger partial charge is 0.251 e. The molecule has 3 saturated heterocycles. The molecule has 6 rings (SSSR count). The number of benzene rings is 1. The van der Waals surface area contributed by atoms with Gasteiger partial charge in [-0.2, -0.15) is 4.98 Å².